The second kappa shape index (κ2) is 6.78. The van der Waals surface area contributed by atoms with Crippen LogP contribution in [0.3, 0.4) is 0 Å². The minimum Gasteiger partial charge on any atom is -0.0843 e. The predicted molar refractivity (Wildman–Crippen MR) is 87.6 cm³/mol. The van der Waals surface area contributed by atoms with Crippen LogP contribution in [0, 0.1) is 0 Å². The fourth-order valence-electron chi connectivity index (χ4n) is 2.25. The highest BCUT2D eigenvalue weighted by Gasteiger charge is 2.22. The number of hydrogen-bond donors (Lipinski definition) is 0. The van der Waals surface area contributed by atoms with Crippen molar-refractivity contribution >= 4 is 39.1 Å². The van der Waals surface area contributed by atoms with Gasteiger partial charge in [0.05, 0.1) is 0 Å². The van der Waals surface area contributed by atoms with Crippen LogP contribution in [-0.2, 0) is 0 Å². The monoisotopic (exact) mass is 356 g/mol. The van der Waals surface area contributed by atoms with Crippen LogP contribution in [0.5, 0.6) is 0 Å². The molecule has 0 fully saturated rings. The topological polar surface area (TPSA) is 0 Å². The van der Waals surface area contributed by atoms with Gasteiger partial charge in [-0.1, -0.05) is 82.5 Å². The van der Waals surface area contributed by atoms with E-state index in [-0.39, 0.29) is 4.83 Å². The Hall–Kier alpha value is -0.500. The van der Waals surface area contributed by atoms with E-state index >= 15 is 0 Å². The molecule has 0 bridgehead atoms. The molecule has 0 saturated heterocycles. The summed E-state index contributed by atoms with van der Waals surface area (Å²) in [5.74, 6) is 0.389. The zero-order valence-electron chi connectivity index (χ0n) is 10.6. The van der Waals surface area contributed by atoms with Crippen molar-refractivity contribution < 1.29 is 0 Å². The lowest BCUT2D eigenvalue weighted by molar-refractivity contribution is 0.655. The van der Waals surface area contributed by atoms with Crippen LogP contribution in [-0.4, -0.2) is 0 Å². The Morgan fingerprint density at radius 3 is 2.32 bits per heavy atom. The molecule has 0 nitrogen and oxygen atoms in total. The minimum absolute atomic E-state index is 0.185. The van der Waals surface area contributed by atoms with Crippen molar-refractivity contribution in [2.24, 2.45) is 0 Å². The average Bonchev–Trinajstić information content (AvgIpc) is 2.40. The summed E-state index contributed by atoms with van der Waals surface area (Å²) in [4.78, 5) is 0.185. The van der Waals surface area contributed by atoms with Gasteiger partial charge in [-0.15, -0.1) is 0 Å². The lowest BCUT2D eigenvalue weighted by atomic mass is 9.90. The molecule has 0 saturated carbocycles. The van der Waals surface area contributed by atoms with Crippen LogP contribution in [0.15, 0.2) is 48.5 Å². The highest BCUT2D eigenvalue weighted by Crippen LogP contribution is 2.43. The summed E-state index contributed by atoms with van der Waals surface area (Å²) in [6, 6.07) is 16.2. The zero-order valence-corrected chi connectivity index (χ0v) is 13.7. The van der Waals surface area contributed by atoms with Crippen LogP contribution in [0.1, 0.15) is 35.2 Å². The number of rotatable bonds is 4. The SMILES string of the molecule is CCC(c1ccccc1)C(Br)c1ccc(Cl)cc1Cl. The summed E-state index contributed by atoms with van der Waals surface area (Å²) in [5, 5.41) is 1.38. The summed E-state index contributed by atoms with van der Waals surface area (Å²) in [6.07, 6.45) is 1.04. The van der Waals surface area contributed by atoms with Gasteiger partial charge in [-0.2, -0.15) is 0 Å². The molecule has 2 aromatic rings. The third-order valence-corrected chi connectivity index (χ3v) is 4.97. The summed E-state index contributed by atoms with van der Waals surface area (Å²) in [7, 11) is 0. The Bertz CT molecular complexity index is 540. The molecule has 2 unspecified atom stereocenters. The van der Waals surface area contributed by atoms with Gasteiger partial charge in [0.1, 0.15) is 0 Å². The van der Waals surface area contributed by atoms with E-state index in [1.807, 2.05) is 18.2 Å². The summed E-state index contributed by atoms with van der Waals surface area (Å²) in [5.41, 5.74) is 2.40. The van der Waals surface area contributed by atoms with Gasteiger partial charge in [0.15, 0.2) is 0 Å². The van der Waals surface area contributed by atoms with E-state index in [9.17, 15) is 0 Å². The Morgan fingerprint density at radius 1 is 1.05 bits per heavy atom. The van der Waals surface area contributed by atoms with E-state index in [1.165, 1.54) is 5.56 Å². The number of alkyl halides is 1. The average molecular weight is 358 g/mol. The molecule has 0 aliphatic carbocycles. The molecular weight excluding hydrogens is 343 g/mol. The van der Waals surface area contributed by atoms with Crippen LogP contribution in [0.4, 0.5) is 0 Å². The van der Waals surface area contributed by atoms with Gasteiger partial charge >= 0.3 is 0 Å². The van der Waals surface area contributed by atoms with Crippen molar-refractivity contribution in [1.29, 1.82) is 0 Å². The van der Waals surface area contributed by atoms with Crippen molar-refractivity contribution in [1.82, 2.24) is 0 Å². The molecule has 0 radical (unpaired) electrons. The Balaban J connectivity index is 2.33. The maximum atomic E-state index is 6.30. The number of benzene rings is 2. The van der Waals surface area contributed by atoms with Crippen LogP contribution < -0.4 is 0 Å². The largest absolute Gasteiger partial charge is 0.0843 e. The molecule has 3 heteroatoms. The van der Waals surface area contributed by atoms with Gasteiger partial charge in [0, 0.05) is 20.8 Å². The maximum absolute atomic E-state index is 6.30. The van der Waals surface area contributed by atoms with Crippen molar-refractivity contribution in [2.75, 3.05) is 0 Å². The van der Waals surface area contributed by atoms with Gasteiger partial charge in [-0.05, 0) is 29.7 Å². The minimum atomic E-state index is 0.185. The molecule has 0 N–H and O–H groups in total. The second-order valence-corrected chi connectivity index (χ2v) is 6.32. The van der Waals surface area contributed by atoms with Crippen molar-refractivity contribution in [3.8, 4) is 0 Å². The van der Waals surface area contributed by atoms with E-state index in [4.69, 9.17) is 23.2 Å². The van der Waals surface area contributed by atoms with Crippen molar-refractivity contribution in [3.05, 3.63) is 69.7 Å². The van der Waals surface area contributed by atoms with Gasteiger partial charge in [-0.25, -0.2) is 0 Å². The third-order valence-electron chi connectivity index (χ3n) is 3.28. The van der Waals surface area contributed by atoms with Gasteiger partial charge < -0.3 is 0 Å². The molecule has 0 heterocycles. The van der Waals surface area contributed by atoms with Crippen molar-refractivity contribution in [3.63, 3.8) is 0 Å². The van der Waals surface area contributed by atoms with E-state index in [2.05, 4.69) is 47.1 Å². The van der Waals surface area contributed by atoms with E-state index in [0.717, 1.165) is 12.0 Å². The van der Waals surface area contributed by atoms with Gasteiger partial charge in [0.2, 0.25) is 0 Å². The summed E-state index contributed by atoms with van der Waals surface area (Å²) >= 11 is 16.0. The molecule has 19 heavy (non-hydrogen) atoms. The van der Waals surface area contributed by atoms with Gasteiger partial charge in [-0.3, -0.25) is 0 Å². The molecule has 2 atom stereocenters. The van der Waals surface area contributed by atoms with E-state index in [1.54, 1.807) is 6.07 Å². The highest BCUT2D eigenvalue weighted by atomic mass is 79.9. The molecular formula is C16H15BrCl2. The Labute approximate surface area is 132 Å². The first-order valence-corrected chi connectivity index (χ1v) is 7.94. The van der Waals surface area contributed by atoms with Crippen LogP contribution in [0.25, 0.3) is 0 Å². The molecule has 100 valence electrons. The summed E-state index contributed by atoms with van der Waals surface area (Å²) in [6.45, 7) is 2.19. The predicted octanol–water partition coefficient (Wildman–Crippen LogP) is 6.62. The molecule has 0 aromatic heterocycles. The normalized spacial score (nSPS) is 14.1. The molecule has 0 aliphatic rings. The Kier molecular flexibility index (Phi) is 5.32. The summed E-state index contributed by atoms with van der Waals surface area (Å²) < 4.78 is 0. The quantitative estimate of drug-likeness (QED) is 0.539. The van der Waals surface area contributed by atoms with E-state index in [0.29, 0.717) is 16.0 Å². The first-order chi connectivity index (χ1) is 9.13. The van der Waals surface area contributed by atoms with Crippen molar-refractivity contribution in [2.45, 2.75) is 24.1 Å². The lowest BCUT2D eigenvalue weighted by Gasteiger charge is -2.23. The smallest absolute Gasteiger partial charge is 0.0478 e. The second-order valence-electron chi connectivity index (χ2n) is 4.49. The van der Waals surface area contributed by atoms with E-state index < -0.39 is 0 Å². The molecule has 0 amide bonds. The maximum Gasteiger partial charge on any atom is 0.0478 e. The van der Waals surface area contributed by atoms with Crippen LogP contribution >= 0.6 is 39.1 Å². The molecule has 0 aliphatic heterocycles. The zero-order chi connectivity index (χ0) is 13.8. The highest BCUT2D eigenvalue weighted by molar-refractivity contribution is 9.09. The van der Waals surface area contributed by atoms with Gasteiger partial charge in [0.25, 0.3) is 0 Å². The fraction of sp³-hybridized carbons (Fsp3) is 0.250. The Morgan fingerprint density at radius 2 is 1.74 bits per heavy atom. The number of hydrogen-bond acceptors (Lipinski definition) is 0. The molecule has 0 spiro atoms. The molecule has 2 aromatic carbocycles. The lowest BCUT2D eigenvalue weighted by Crippen LogP contribution is -2.05. The first kappa shape index (κ1) is 14.9. The number of halogens is 3. The standard InChI is InChI=1S/C16H15BrCl2/c1-2-13(11-6-4-3-5-7-11)16(17)14-9-8-12(18)10-15(14)19/h3-10,13,16H,2H2,1H3. The third kappa shape index (κ3) is 3.53. The molecule has 2 rings (SSSR count). The first-order valence-electron chi connectivity index (χ1n) is 6.27. The van der Waals surface area contributed by atoms with Crippen LogP contribution in [0.2, 0.25) is 10.0 Å². The fourth-order valence-corrected chi connectivity index (χ4v) is 3.99.